The van der Waals surface area contributed by atoms with Crippen molar-refractivity contribution >= 4 is 16.0 Å². The lowest BCUT2D eigenvalue weighted by atomic mass is 9.90. The molecule has 2 rings (SSSR count). The number of hydrogen-bond donors (Lipinski definition) is 1. The predicted octanol–water partition coefficient (Wildman–Crippen LogP) is 0.609. The first-order valence-corrected chi connectivity index (χ1v) is 7.47. The average Bonchev–Trinajstić information content (AvgIpc) is 2.86. The van der Waals surface area contributed by atoms with E-state index in [4.69, 9.17) is 9.63 Å². The molecular formula is C11H16N2O5S. The minimum absolute atomic E-state index is 0.00149. The van der Waals surface area contributed by atoms with Crippen LogP contribution in [-0.2, 0) is 20.6 Å². The van der Waals surface area contributed by atoms with Crippen LogP contribution in [0.4, 0.5) is 0 Å². The summed E-state index contributed by atoms with van der Waals surface area (Å²) < 4.78 is 30.4. The minimum atomic E-state index is -3.56. The van der Waals surface area contributed by atoms with Gasteiger partial charge in [0.05, 0.1) is 5.41 Å². The van der Waals surface area contributed by atoms with Crippen LogP contribution in [0.15, 0.2) is 10.6 Å². The molecular weight excluding hydrogens is 272 g/mol. The van der Waals surface area contributed by atoms with Gasteiger partial charge in [-0.3, -0.25) is 4.79 Å². The van der Waals surface area contributed by atoms with Crippen LogP contribution >= 0.6 is 0 Å². The van der Waals surface area contributed by atoms with Crippen LogP contribution in [0.25, 0.3) is 0 Å². The van der Waals surface area contributed by atoms with Gasteiger partial charge in [-0.05, 0) is 20.3 Å². The number of aryl methyl sites for hydroxylation is 1. The summed E-state index contributed by atoms with van der Waals surface area (Å²) in [5, 5.41) is 12.7. The molecule has 1 aromatic heterocycles. The summed E-state index contributed by atoms with van der Waals surface area (Å²) in [6, 6.07) is 1.56. The van der Waals surface area contributed by atoms with E-state index in [0.29, 0.717) is 17.9 Å². The van der Waals surface area contributed by atoms with Crippen LogP contribution in [0.3, 0.4) is 0 Å². The first-order chi connectivity index (χ1) is 8.73. The smallest absolute Gasteiger partial charge is 0.310 e. The Kier molecular flexibility index (Phi) is 3.40. The molecule has 7 nitrogen and oxygen atoms in total. The molecule has 1 N–H and O–H groups in total. The van der Waals surface area contributed by atoms with E-state index in [1.165, 1.54) is 4.31 Å². The Balaban J connectivity index is 2.12. The van der Waals surface area contributed by atoms with Crippen molar-refractivity contribution in [3.8, 4) is 0 Å². The van der Waals surface area contributed by atoms with Crippen molar-refractivity contribution in [1.29, 1.82) is 0 Å². The number of aliphatic carboxylic acids is 1. The lowest BCUT2D eigenvalue weighted by Crippen LogP contribution is -2.35. The Labute approximate surface area is 111 Å². The van der Waals surface area contributed by atoms with Gasteiger partial charge in [-0.15, -0.1) is 0 Å². The van der Waals surface area contributed by atoms with Gasteiger partial charge < -0.3 is 9.63 Å². The SMILES string of the molecule is Cc1cc(CS(=O)(=O)N2CCC(C)(C(=O)O)C2)no1. The third-order valence-corrected chi connectivity index (χ3v) is 5.11. The first-order valence-electron chi connectivity index (χ1n) is 5.86. The molecule has 1 fully saturated rings. The molecule has 1 aliphatic rings. The van der Waals surface area contributed by atoms with Crippen LogP contribution in [0, 0.1) is 12.3 Å². The van der Waals surface area contributed by atoms with Gasteiger partial charge in [0, 0.05) is 19.2 Å². The van der Waals surface area contributed by atoms with E-state index in [1.807, 2.05) is 0 Å². The summed E-state index contributed by atoms with van der Waals surface area (Å²) in [7, 11) is -3.56. The summed E-state index contributed by atoms with van der Waals surface area (Å²) >= 11 is 0. The maximum atomic E-state index is 12.2. The number of carboxylic acid groups (broad SMARTS) is 1. The molecule has 0 saturated carbocycles. The minimum Gasteiger partial charge on any atom is -0.481 e. The molecule has 0 bridgehead atoms. The molecule has 1 aliphatic heterocycles. The van der Waals surface area contributed by atoms with E-state index in [9.17, 15) is 13.2 Å². The molecule has 106 valence electrons. The molecule has 0 amide bonds. The van der Waals surface area contributed by atoms with Crippen LogP contribution in [0.2, 0.25) is 0 Å². The standard InChI is InChI=1S/C11H16N2O5S/c1-8-5-9(12-18-8)6-19(16,17)13-4-3-11(2,7-13)10(14)15/h5H,3-4,6-7H2,1-2H3,(H,14,15). The third-order valence-electron chi connectivity index (χ3n) is 3.36. The van der Waals surface area contributed by atoms with E-state index in [1.54, 1.807) is 19.9 Å². The molecule has 1 saturated heterocycles. The Morgan fingerprint density at radius 2 is 2.32 bits per heavy atom. The number of carboxylic acids is 1. The fourth-order valence-electron chi connectivity index (χ4n) is 2.09. The monoisotopic (exact) mass is 288 g/mol. The lowest BCUT2D eigenvalue weighted by molar-refractivity contribution is -0.146. The maximum Gasteiger partial charge on any atom is 0.310 e. The zero-order valence-corrected chi connectivity index (χ0v) is 11.6. The van der Waals surface area contributed by atoms with E-state index < -0.39 is 21.4 Å². The second-order valence-corrected chi connectivity index (χ2v) is 7.10. The molecule has 0 radical (unpaired) electrons. The highest BCUT2D eigenvalue weighted by molar-refractivity contribution is 7.88. The fourth-order valence-corrected chi connectivity index (χ4v) is 3.64. The molecule has 1 aromatic rings. The highest BCUT2D eigenvalue weighted by Crippen LogP contribution is 2.32. The number of sulfonamides is 1. The van der Waals surface area contributed by atoms with Gasteiger partial charge in [-0.2, -0.15) is 0 Å². The van der Waals surface area contributed by atoms with Gasteiger partial charge in [0.2, 0.25) is 10.0 Å². The van der Waals surface area contributed by atoms with Crippen molar-refractivity contribution in [2.24, 2.45) is 5.41 Å². The number of carbonyl (C=O) groups is 1. The van der Waals surface area contributed by atoms with Gasteiger partial charge in [-0.1, -0.05) is 5.16 Å². The second-order valence-electron chi connectivity index (χ2n) is 5.13. The van der Waals surface area contributed by atoms with Gasteiger partial charge in [-0.25, -0.2) is 12.7 Å². The van der Waals surface area contributed by atoms with Crippen molar-refractivity contribution in [2.45, 2.75) is 26.0 Å². The quantitative estimate of drug-likeness (QED) is 0.871. The topological polar surface area (TPSA) is 101 Å². The Morgan fingerprint density at radius 3 is 2.79 bits per heavy atom. The van der Waals surface area contributed by atoms with Crippen LogP contribution < -0.4 is 0 Å². The Hall–Kier alpha value is -1.41. The average molecular weight is 288 g/mol. The van der Waals surface area contributed by atoms with Crippen molar-refractivity contribution in [3.63, 3.8) is 0 Å². The Bertz CT molecular complexity index is 594. The normalized spacial score (nSPS) is 24.7. The number of rotatable bonds is 4. The largest absolute Gasteiger partial charge is 0.481 e. The molecule has 0 aliphatic carbocycles. The summed E-state index contributed by atoms with van der Waals surface area (Å²) in [5.41, 5.74) is -0.672. The number of hydrogen-bond acceptors (Lipinski definition) is 5. The van der Waals surface area contributed by atoms with Crippen LogP contribution in [0.5, 0.6) is 0 Å². The maximum absolute atomic E-state index is 12.2. The molecule has 0 spiro atoms. The summed E-state index contributed by atoms with van der Waals surface area (Å²) in [6.45, 7) is 3.47. The summed E-state index contributed by atoms with van der Waals surface area (Å²) in [4.78, 5) is 11.1. The zero-order chi connectivity index (χ0) is 14.3. The molecule has 0 aromatic carbocycles. The van der Waals surface area contributed by atoms with Gasteiger partial charge in [0.15, 0.2) is 0 Å². The molecule has 19 heavy (non-hydrogen) atoms. The summed E-state index contributed by atoms with van der Waals surface area (Å²) in [5.74, 6) is -0.690. The highest BCUT2D eigenvalue weighted by Gasteiger charge is 2.44. The third kappa shape index (κ3) is 2.79. The molecule has 2 heterocycles. The number of nitrogens with zero attached hydrogens (tertiary/aromatic N) is 2. The first kappa shape index (κ1) is 14.0. The van der Waals surface area contributed by atoms with E-state index in [2.05, 4.69) is 5.16 Å². The van der Waals surface area contributed by atoms with E-state index in [-0.39, 0.29) is 18.8 Å². The molecule has 1 atom stereocenters. The fraction of sp³-hybridized carbons (Fsp3) is 0.636. The highest BCUT2D eigenvalue weighted by atomic mass is 32.2. The van der Waals surface area contributed by atoms with E-state index >= 15 is 0 Å². The van der Waals surface area contributed by atoms with E-state index in [0.717, 1.165) is 0 Å². The van der Waals surface area contributed by atoms with Crippen molar-refractivity contribution < 1.29 is 22.8 Å². The van der Waals surface area contributed by atoms with Crippen molar-refractivity contribution in [2.75, 3.05) is 13.1 Å². The van der Waals surface area contributed by atoms with Gasteiger partial charge in [0.25, 0.3) is 0 Å². The second kappa shape index (κ2) is 4.61. The molecule has 1 unspecified atom stereocenters. The zero-order valence-electron chi connectivity index (χ0n) is 10.8. The van der Waals surface area contributed by atoms with Crippen molar-refractivity contribution in [1.82, 2.24) is 9.46 Å². The van der Waals surface area contributed by atoms with Crippen LogP contribution in [-0.4, -0.2) is 42.0 Å². The predicted molar refractivity (Wildman–Crippen MR) is 65.8 cm³/mol. The molecule has 8 heteroatoms. The van der Waals surface area contributed by atoms with Crippen molar-refractivity contribution in [3.05, 3.63) is 17.5 Å². The summed E-state index contributed by atoms with van der Waals surface area (Å²) in [6.07, 6.45) is 0.319. The van der Waals surface area contributed by atoms with Gasteiger partial charge in [0.1, 0.15) is 17.2 Å². The van der Waals surface area contributed by atoms with Crippen LogP contribution in [0.1, 0.15) is 24.8 Å². The lowest BCUT2D eigenvalue weighted by Gasteiger charge is -2.19. The Morgan fingerprint density at radius 1 is 1.63 bits per heavy atom. The van der Waals surface area contributed by atoms with Gasteiger partial charge >= 0.3 is 5.97 Å². The number of aromatic nitrogens is 1.